The van der Waals surface area contributed by atoms with Crippen molar-refractivity contribution in [1.82, 2.24) is 10.2 Å². The Kier molecular flexibility index (Phi) is 2.87. The molecule has 1 atom stereocenters. The van der Waals surface area contributed by atoms with Gasteiger partial charge < -0.3 is 15.3 Å². The summed E-state index contributed by atoms with van der Waals surface area (Å²) in [5.74, 6) is 0.832. The minimum absolute atomic E-state index is 0.200. The average molecular weight is 238 g/mol. The monoisotopic (exact) mass is 238 g/mol. The van der Waals surface area contributed by atoms with Gasteiger partial charge in [-0.15, -0.1) is 0 Å². The van der Waals surface area contributed by atoms with Crippen LogP contribution in [0.4, 0.5) is 0 Å². The summed E-state index contributed by atoms with van der Waals surface area (Å²) in [6, 6.07) is 0. The van der Waals surface area contributed by atoms with Gasteiger partial charge in [0.2, 0.25) is 5.91 Å². The van der Waals surface area contributed by atoms with Crippen LogP contribution in [-0.2, 0) is 4.79 Å². The molecule has 0 aromatic carbocycles. The fraction of sp³-hybridized carbons (Fsp3) is 0.923. The van der Waals surface area contributed by atoms with Crippen LogP contribution in [0.15, 0.2) is 0 Å². The predicted octanol–water partition coefficient (Wildman–Crippen LogP) is 0.217. The molecule has 2 aliphatic heterocycles. The van der Waals surface area contributed by atoms with E-state index in [0.29, 0.717) is 11.8 Å². The van der Waals surface area contributed by atoms with Crippen molar-refractivity contribution in [3.8, 4) is 0 Å². The van der Waals surface area contributed by atoms with Crippen LogP contribution < -0.4 is 5.32 Å². The van der Waals surface area contributed by atoms with Crippen LogP contribution in [0.3, 0.4) is 0 Å². The zero-order valence-electron chi connectivity index (χ0n) is 10.3. The molecule has 1 aliphatic carbocycles. The lowest BCUT2D eigenvalue weighted by Gasteiger charge is -2.31. The first-order valence-corrected chi connectivity index (χ1v) is 6.85. The summed E-state index contributed by atoms with van der Waals surface area (Å²) in [5.41, 5.74) is 0.252. The van der Waals surface area contributed by atoms with Gasteiger partial charge in [0.05, 0.1) is 5.92 Å². The molecule has 1 spiro atoms. The molecule has 96 valence electrons. The van der Waals surface area contributed by atoms with Gasteiger partial charge in [0, 0.05) is 38.7 Å². The van der Waals surface area contributed by atoms with E-state index in [9.17, 15) is 9.90 Å². The second-order valence-corrected chi connectivity index (χ2v) is 6.02. The van der Waals surface area contributed by atoms with Gasteiger partial charge in [-0.1, -0.05) is 12.8 Å². The Hall–Kier alpha value is -0.610. The maximum atomic E-state index is 12.2. The Morgan fingerprint density at radius 2 is 2.06 bits per heavy atom. The molecule has 3 aliphatic rings. The molecule has 0 bridgehead atoms. The third-order valence-electron chi connectivity index (χ3n) is 5.07. The fourth-order valence-electron chi connectivity index (χ4n) is 3.82. The van der Waals surface area contributed by atoms with Crippen molar-refractivity contribution in [3.63, 3.8) is 0 Å². The second kappa shape index (κ2) is 4.25. The Labute approximate surface area is 102 Å². The van der Waals surface area contributed by atoms with E-state index in [1.165, 1.54) is 25.7 Å². The highest BCUT2D eigenvalue weighted by atomic mass is 16.3. The molecule has 0 radical (unpaired) electrons. The van der Waals surface area contributed by atoms with Crippen LogP contribution in [-0.4, -0.2) is 48.7 Å². The van der Waals surface area contributed by atoms with Gasteiger partial charge in [-0.3, -0.25) is 4.79 Å². The highest BCUT2D eigenvalue weighted by Gasteiger charge is 2.49. The van der Waals surface area contributed by atoms with Crippen molar-refractivity contribution in [3.05, 3.63) is 0 Å². The van der Waals surface area contributed by atoms with Crippen LogP contribution in [0.1, 0.15) is 25.7 Å². The Bertz CT molecular complexity index is 309. The number of hydrogen-bond donors (Lipinski definition) is 2. The minimum Gasteiger partial charge on any atom is -0.396 e. The molecule has 2 saturated heterocycles. The molecule has 2 N–H and O–H groups in total. The van der Waals surface area contributed by atoms with E-state index in [0.717, 1.165) is 26.2 Å². The smallest absolute Gasteiger partial charge is 0.228 e. The van der Waals surface area contributed by atoms with E-state index in [1.54, 1.807) is 0 Å². The highest BCUT2D eigenvalue weighted by Crippen LogP contribution is 2.49. The standard InChI is InChI=1S/C13H22N2O2/c16-8-11-7-15(12(17)10-5-14-6-10)9-13(11)3-1-2-4-13/h10-11,14,16H,1-9H2. The number of likely N-dealkylation sites (tertiary alicyclic amines) is 1. The average Bonchev–Trinajstić information content (AvgIpc) is 2.84. The number of aliphatic hydroxyl groups is 1. The molecule has 4 heteroatoms. The first-order valence-electron chi connectivity index (χ1n) is 6.85. The number of nitrogens with one attached hydrogen (secondary N) is 1. The number of aliphatic hydroxyl groups excluding tert-OH is 1. The summed E-state index contributed by atoms with van der Waals surface area (Å²) >= 11 is 0. The molecule has 1 unspecified atom stereocenters. The summed E-state index contributed by atoms with van der Waals surface area (Å²) in [6.45, 7) is 3.60. The molecular formula is C13H22N2O2. The van der Waals surface area contributed by atoms with Crippen molar-refractivity contribution in [2.75, 3.05) is 32.8 Å². The lowest BCUT2D eigenvalue weighted by molar-refractivity contribution is -0.136. The zero-order valence-corrected chi connectivity index (χ0v) is 10.3. The third-order valence-corrected chi connectivity index (χ3v) is 5.07. The summed E-state index contributed by atoms with van der Waals surface area (Å²) in [7, 11) is 0. The largest absolute Gasteiger partial charge is 0.396 e. The van der Waals surface area contributed by atoms with E-state index in [4.69, 9.17) is 0 Å². The van der Waals surface area contributed by atoms with Crippen LogP contribution in [0.5, 0.6) is 0 Å². The van der Waals surface area contributed by atoms with E-state index in [1.807, 2.05) is 4.90 Å². The van der Waals surface area contributed by atoms with Crippen molar-refractivity contribution >= 4 is 5.91 Å². The molecule has 2 heterocycles. The minimum atomic E-state index is 0.200. The topological polar surface area (TPSA) is 52.6 Å². The van der Waals surface area contributed by atoms with Crippen LogP contribution >= 0.6 is 0 Å². The van der Waals surface area contributed by atoms with Crippen molar-refractivity contribution < 1.29 is 9.90 Å². The number of rotatable bonds is 2. The van der Waals surface area contributed by atoms with E-state index in [-0.39, 0.29) is 17.9 Å². The molecule has 0 aromatic heterocycles. The molecule has 17 heavy (non-hydrogen) atoms. The van der Waals surface area contributed by atoms with Gasteiger partial charge in [0.15, 0.2) is 0 Å². The second-order valence-electron chi connectivity index (χ2n) is 6.02. The SMILES string of the molecule is O=C(C1CNC1)N1CC(CO)C2(CCCC2)C1. The van der Waals surface area contributed by atoms with E-state index in [2.05, 4.69) is 5.32 Å². The lowest BCUT2D eigenvalue weighted by Crippen LogP contribution is -2.51. The maximum Gasteiger partial charge on any atom is 0.228 e. The third kappa shape index (κ3) is 1.78. The van der Waals surface area contributed by atoms with Gasteiger partial charge in [-0.25, -0.2) is 0 Å². The summed E-state index contributed by atoms with van der Waals surface area (Å²) in [5, 5.41) is 12.7. The molecule has 1 amide bonds. The molecule has 4 nitrogen and oxygen atoms in total. The summed E-state index contributed by atoms with van der Waals surface area (Å²) < 4.78 is 0. The molecule has 0 aromatic rings. The van der Waals surface area contributed by atoms with Crippen molar-refractivity contribution in [1.29, 1.82) is 0 Å². The number of amides is 1. The van der Waals surface area contributed by atoms with Gasteiger partial charge in [-0.05, 0) is 18.3 Å². The normalized spacial score (nSPS) is 32.1. The summed E-state index contributed by atoms with van der Waals surface area (Å²) in [4.78, 5) is 14.3. The predicted molar refractivity (Wildman–Crippen MR) is 64.4 cm³/mol. The van der Waals surface area contributed by atoms with Crippen molar-refractivity contribution in [2.24, 2.45) is 17.3 Å². The van der Waals surface area contributed by atoms with Gasteiger partial charge in [0.25, 0.3) is 0 Å². The number of carbonyl (C=O) groups excluding carboxylic acids is 1. The van der Waals surface area contributed by atoms with Gasteiger partial charge in [0.1, 0.15) is 0 Å². The van der Waals surface area contributed by atoms with E-state index < -0.39 is 0 Å². The van der Waals surface area contributed by atoms with Crippen molar-refractivity contribution in [2.45, 2.75) is 25.7 Å². The maximum absolute atomic E-state index is 12.2. The Morgan fingerprint density at radius 1 is 1.35 bits per heavy atom. The van der Waals surface area contributed by atoms with Crippen LogP contribution in [0.25, 0.3) is 0 Å². The zero-order chi connectivity index (χ0) is 11.9. The molecule has 3 rings (SSSR count). The number of hydrogen-bond acceptors (Lipinski definition) is 3. The Balaban J connectivity index is 1.70. The molecule has 3 fully saturated rings. The quantitative estimate of drug-likeness (QED) is 0.723. The first-order chi connectivity index (χ1) is 8.25. The lowest BCUT2D eigenvalue weighted by atomic mass is 9.77. The van der Waals surface area contributed by atoms with Crippen LogP contribution in [0.2, 0.25) is 0 Å². The number of nitrogens with zero attached hydrogens (tertiary/aromatic N) is 1. The fourth-order valence-corrected chi connectivity index (χ4v) is 3.82. The summed E-state index contributed by atoms with van der Waals surface area (Å²) in [6.07, 6.45) is 4.93. The Morgan fingerprint density at radius 3 is 2.59 bits per heavy atom. The van der Waals surface area contributed by atoms with Gasteiger partial charge in [-0.2, -0.15) is 0 Å². The highest BCUT2D eigenvalue weighted by molar-refractivity contribution is 5.80. The van der Waals surface area contributed by atoms with Crippen LogP contribution in [0, 0.1) is 17.3 Å². The van der Waals surface area contributed by atoms with Gasteiger partial charge >= 0.3 is 0 Å². The van der Waals surface area contributed by atoms with E-state index >= 15 is 0 Å². The molecular weight excluding hydrogens is 216 g/mol. The first kappa shape index (κ1) is 11.5. The molecule has 1 saturated carbocycles. The number of carbonyl (C=O) groups is 1.